The largest absolute Gasteiger partial charge is 0.368 e. The van der Waals surface area contributed by atoms with Gasteiger partial charge >= 0.3 is 0 Å². The maximum Gasteiger partial charge on any atom is 0.260 e. The molecule has 31 heavy (non-hydrogen) atoms. The molecule has 3 aromatic rings. The highest BCUT2D eigenvalue weighted by molar-refractivity contribution is 7.93. The number of nitrogens with zero attached hydrogens (tertiary/aromatic N) is 3. The number of aromatic nitrogens is 3. The van der Waals surface area contributed by atoms with Gasteiger partial charge in [0.2, 0.25) is 16.0 Å². The molecule has 2 heterocycles. The minimum absolute atomic E-state index is 0.0546. The summed E-state index contributed by atoms with van der Waals surface area (Å²) in [5.41, 5.74) is 6.20. The Hall–Kier alpha value is -3.01. The molecule has 0 unspecified atom stereocenters. The molecule has 0 radical (unpaired) electrons. The number of hydrogen-bond donors (Lipinski definition) is 2. The molecule has 0 saturated heterocycles. The second kappa shape index (κ2) is 7.92. The fraction of sp³-hybridized carbons (Fsp3) is 0.381. The van der Waals surface area contributed by atoms with E-state index in [1.807, 2.05) is 13.8 Å². The van der Waals surface area contributed by atoms with Crippen molar-refractivity contribution in [1.82, 2.24) is 14.5 Å². The first-order valence-electron chi connectivity index (χ1n) is 10.2. The van der Waals surface area contributed by atoms with Crippen LogP contribution < -0.4 is 16.0 Å². The van der Waals surface area contributed by atoms with Crippen LogP contribution in [0, 0.1) is 5.82 Å². The van der Waals surface area contributed by atoms with Crippen molar-refractivity contribution in [3.63, 3.8) is 0 Å². The lowest BCUT2D eigenvalue weighted by Crippen LogP contribution is -2.26. The quantitative estimate of drug-likeness (QED) is 0.621. The topological polar surface area (TPSA) is 120 Å². The zero-order valence-electron chi connectivity index (χ0n) is 17.3. The minimum Gasteiger partial charge on any atom is -0.368 e. The number of pyridine rings is 1. The first-order chi connectivity index (χ1) is 14.7. The predicted octanol–water partition coefficient (Wildman–Crippen LogP) is 3.45. The van der Waals surface area contributed by atoms with Crippen molar-refractivity contribution in [2.45, 2.75) is 50.8 Å². The van der Waals surface area contributed by atoms with Gasteiger partial charge in [-0.05, 0) is 50.5 Å². The number of rotatable bonds is 5. The summed E-state index contributed by atoms with van der Waals surface area (Å²) in [6, 6.07) is 5.41. The zero-order valence-corrected chi connectivity index (χ0v) is 18.1. The van der Waals surface area contributed by atoms with Crippen LogP contribution in [0.15, 0.2) is 35.3 Å². The Labute approximate surface area is 179 Å². The van der Waals surface area contributed by atoms with Crippen LogP contribution in [0.3, 0.4) is 0 Å². The standard InChI is InChI=1S/C21H24FN5O3S/c1-12(2)27-19-14(11-24-21(23)25-19)9-16(20(27)28)13-7-8-18(17(22)10-13)26-31(29,30)15-5-3-4-6-15/h7-12,15,26H,3-6H2,1-2H3,(H2,23,24,25). The molecule has 4 rings (SSSR count). The summed E-state index contributed by atoms with van der Waals surface area (Å²) in [6.45, 7) is 3.68. The molecule has 1 aliphatic carbocycles. The lowest BCUT2D eigenvalue weighted by Gasteiger charge is -2.16. The number of nitrogen functional groups attached to an aromatic ring is 1. The average Bonchev–Trinajstić information content (AvgIpc) is 3.24. The van der Waals surface area contributed by atoms with E-state index < -0.39 is 21.1 Å². The van der Waals surface area contributed by atoms with E-state index in [1.54, 1.807) is 6.07 Å². The third-order valence-corrected chi connectivity index (χ3v) is 7.44. The molecule has 0 bridgehead atoms. The summed E-state index contributed by atoms with van der Waals surface area (Å²) in [5, 5.41) is 0.0849. The number of fused-ring (bicyclic) bond motifs is 1. The predicted molar refractivity (Wildman–Crippen MR) is 119 cm³/mol. The van der Waals surface area contributed by atoms with Crippen LogP contribution >= 0.6 is 0 Å². The number of benzene rings is 1. The van der Waals surface area contributed by atoms with E-state index in [0.29, 0.717) is 29.4 Å². The number of nitrogens with two attached hydrogens (primary N) is 1. The van der Waals surface area contributed by atoms with Crippen LogP contribution in [0.25, 0.3) is 22.2 Å². The van der Waals surface area contributed by atoms with Crippen molar-refractivity contribution in [1.29, 1.82) is 0 Å². The first-order valence-corrected chi connectivity index (χ1v) is 11.7. The van der Waals surface area contributed by atoms with Gasteiger partial charge in [-0.15, -0.1) is 0 Å². The third-order valence-electron chi connectivity index (χ3n) is 5.58. The maximum atomic E-state index is 14.8. The lowest BCUT2D eigenvalue weighted by molar-refractivity contribution is 0.583. The Morgan fingerprint density at radius 1 is 1.23 bits per heavy atom. The van der Waals surface area contributed by atoms with Gasteiger partial charge in [0.05, 0.1) is 10.9 Å². The van der Waals surface area contributed by atoms with Gasteiger partial charge in [0.15, 0.2) is 0 Å². The molecule has 1 saturated carbocycles. The van der Waals surface area contributed by atoms with Gasteiger partial charge in [-0.2, -0.15) is 4.98 Å². The van der Waals surface area contributed by atoms with E-state index in [-0.39, 0.29) is 28.8 Å². The molecule has 164 valence electrons. The van der Waals surface area contributed by atoms with E-state index in [4.69, 9.17) is 5.73 Å². The van der Waals surface area contributed by atoms with Gasteiger partial charge in [-0.25, -0.2) is 17.8 Å². The van der Waals surface area contributed by atoms with Gasteiger partial charge in [0.1, 0.15) is 11.5 Å². The van der Waals surface area contributed by atoms with Crippen LogP contribution in [0.1, 0.15) is 45.6 Å². The van der Waals surface area contributed by atoms with Crippen LogP contribution in [-0.4, -0.2) is 28.2 Å². The molecule has 2 aromatic heterocycles. The Morgan fingerprint density at radius 3 is 2.58 bits per heavy atom. The molecule has 1 fully saturated rings. The van der Waals surface area contributed by atoms with Gasteiger partial charge in [0.25, 0.3) is 5.56 Å². The lowest BCUT2D eigenvalue weighted by atomic mass is 10.0. The van der Waals surface area contributed by atoms with Gasteiger partial charge in [0, 0.05) is 23.2 Å². The van der Waals surface area contributed by atoms with Crippen molar-refractivity contribution in [2.24, 2.45) is 0 Å². The van der Waals surface area contributed by atoms with E-state index in [0.717, 1.165) is 18.9 Å². The monoisotopic (exact) mass is 445 g/mol. The molecule has 8 nitrogen and oxygen atoms in total. The number of anilines is 2. The zero-order chi connectivity index (χ0) is 22.3. The Balaban J connectivity index is 1.77. The SMILES string of the molecule is CC(C)n1c(=O)c(-c2ccc(NS(=O)(=O)C3CCCC3)c(F)c2)cc2cnc(N)nc21. The second-order valence-electron chi connectivity index (χ2n) is 8.08. The molecular weight excluding hydrogens is 421 g/mol. The van der Waals surface area contributed by atoms with Gasteiger partial charge in [-0.1, -0.05) is 18.9 Å². The number of nitrogens with one attached hydrogen (secondary N) is 1. The molecule has 0 aliphatic heterocycles. The first kappa shape index (κ1) is 21.2. The molecule has 3 N–H and O–H groups in total. The minimum atomic E-state index is -3.66. The fourth-order valence-electron chi connectivity index (χ4n) is 4.02. The highest BCUT2D eigenvalue weighted by Crippen LogP contribution is 2.29. The fourth-order valence-corrected chi connectivity index (χ4v) is 5.61. The number of halogens is 1. The molecule has 0 atom stereocenters. The van der Waals surface area contributed by atoms with Crippen molar-refractivity contribution in [2.75, 3.05) is 10.5 Å². The van der Waals surface area contributed by atoms with Crippen LogP contribution in [0.5, 0.6) is 0 Å². The summed E-state index contributed by atoms with van der Waals surface area (Å²) >= 11 is 0. The number of hydrogen-bond acceptors (Lipinski definition) is 6. The Morgan fingerprint density at radius 2 is 1.94 bits per heavy atom. The van der Waals surface area contributed by atoms with Crippen molar-refractivity contribution in [3.8, 4) is 11.1 Å². The third kappa shape index (κ3) is 3.99. The highest BCUT2D eigenvalue weighted by Gasteiger charge is 2.29. The van der Waals surface area contributed by atoms with Crippen molar-refractivity contribution < 1.29 is 12.8 Å². The Bertz CT molecular complexity index is 1310. The number of sulfonamides is 1. The summed E-state index contributed by atoms with van der Waals surface area (Å²) in [7, 11) is -3.66. The summed E-state index contributed by atoms with van der Waals surface area (Å²) in [5.74, 6) is -0.692. The van der Waals surface area contributed by atoms with Crippen LogP contribution in [0.2, 0.25) is 0 Å². The molecule has 10 heteroatoms. The molecule has 1 aromatic carbocycles. The van der Waals surface area contributed by atoms with E-state index in [1.165, 1.54) is 22.9 Å². The molecule has 0 amide bonds. The van der Waals surface area contributed by atoms with E-state index >= 15 is 0 Å². The van der Waals surface area contributed by atoms with Gasteiger partial charge < -0.3 is 5.73 Å². The maximum absolute atomic E-state index is 14.8. The van der Waals surface area contributed by atoms with Crippen LogP contribution in [0.4, 0.5) is 16.0 Å². The molecule has 1 aliphatic rings. The smallest absolute Gasteiger partial charge is 0.260 e. The van der Waals surface area contributed by atoms with Crippen molar-refractivity contribution >= 4 is 32.7 Å². The van der Waals surface area contributed by atoms with E-state index in [9.17, 15) is 17.6 Å². The summed E-state index contributed by atoms with van der Waals surface area (Å²) < 4.78 is 43.7. The molecular formula is C21H24FN5O3S. The van der Waals surface area contributed by atoms with Crippen LogP contribution in [-0.2, 0) is 10.0 Å². The summed E-state index contributed by atoms with van der Waals surface area (Å²) in [4.78, 5) is 21.3. The van der Waals surface area contributed by atoms with E-state index in [2.05, 4.69) is 14.7 Å². The second-order valence-corrected chi connectivity index (χ2v) is 10.0. The normalized spacial score (nSPS) is 15.1. The highest BCUT2D eigenvalue weighted by atomic mass is 32.2. The van der Waals surface area contributed by atoms with Crippen molar-refractivity contribution in [3.05, 3.63) is 46.6 Å². The van der Waals surface area contributed by atoms with Gasteiger partial charge in [-0.3, -0.25) is 14.1 Å². The Kier molecular flexibility index (Phi) is 5.42. The summed E-state index contributed by atoms with van der Waals surface area (Å²) in [6.07, 6.45) is 4.37. The average molecular weight is 446 g/mol. The molecule has 0 spiro atoms.